The molecule has 3 heterocycles. The van der Waals surface area contributed by atoms with Gasteiger partial charge in [-0.25, -0.2) is 9.97 Å². The zero-order chi connectivity index (χ0) is 22.6. The van der Waals surface area contributed by atoms with Crippen LogP contribution < -0.4 is 4.90 Å². The fourth-order valence-corrected chi connectivity index (χ4v) is 4.20. The molecule has 0 atom stereocenters. The second-order valence-corrected chi connectivity index (χ2v) is 8.28. The molecule has 0 aliphatic carbocycles. The molecule has 2 aromatic heterocycles. The maximum absolute atomic E-state index is 13.6. The maximum Gasteiger partial charge on any atom is 0.257 e. The Hall–Kier alpha value is -3.71. The van der Waals surface area contributed by atoms with Gasteiger partial charge in [0.15, 0.2) is 0 Å². The van der Waals surface area contributed by atoms with Gasteiger partial charge in [0.1, 0.15) is 5.69 Å². The quantitative estimate of drug-likeness (QED) is 0.452. The normalized spacial score (nSPS) is 13.8. The zero-order valence-corrected chi connectivity index (χ0v) is 18.8. The van der Waals surface area contributed by atoms with Crippen LogP contribution in [0.1, 0.15) is 15.9 Å². The number of carbonyl (C=O) groups is 1. The van der Waals surface area contributed by atoms with E-state index in [-0.39, 0.29) is 5.91 Å². The first-order chi connectivity index (χ1) is 16.2. The third-order valence-electron chi connectivity index (χ3n) is 5.73. The average molecular weight is 459 g/mol. The summed E-state index contributed by atoms with van der Waals surface area (Å²) in [6, 6.07) is 19.3. The molecule has 2 aromatic carbocycles. The third-order valence-corrected chi connectivity index (χ3v) is 6.10. The molecule has 0 bridgehead atoms. The van der Waals surface area contributed by atoms with Crippen molar-refractivity contribution >= 4 is 23.5 Å². The van der Waals surface area contributed by atoms with Crippen LogP contribution in [0.25, 0.3) is 11.3 Å². The minimum absolute atomic E-state index is 0.0205. The van der Waals surface area contributed by atoms with E-state index in [2.05, 4.69) is 14.9 Å². The van der Waals surface area contributed by atoms with E-state index >= 15 is 0 Å². The molecule has 0 spiro atoms. The minimum atomic E-state index is -0.0205. The van der Waals surface area contributed by atoms with Crippen LogP contribution >= 0.6 is 11.6 Å². The monoisotopic (exact) mass is 458 g/mol. The van der Waals surface area contributed by atoms with E-state index in [1.165, 1.54) is 0 Å². The van der Waals surface area contributed by atoms with E-state index in [0.717, 1.165) is 11.1 Å². The van der Waals surface area contributed by atoms with Crippen molar-refractivity contribution in [3.8, 4) is 11.3 Å². The van der Waals surface area contributed by atoms with Crippen molar-refractivity contribution in [3.63, 3.8) is 0 Å². The van der Waals surface area contributed by atoms with Gasteiger partial charge in [0.25, 0.3) is 5.91 Å². The Morgan fingerprint density at radius 3 is 2.30 bits per heavy atom. The topological polar surface area (TPSA) is 67.2 Å². The molecule has 166 valence electrons. The van der Waals surface area contributed by atoms with Crippen LogP contribution in [0, 0.1) is 0 Å². The molecule has 33 heavy (non-hydrogen) atoms. The molecule has 1 aliphatic heterocycles. The standard InChI is InChI=1S/C25H23ClN6O/c26-22-10-5-4-9-20(22)17-32-18-21(23(29-32)19-7-2-1-3-8-19)24(33)30-13-15-31(16-14-30)25-27-11-6-12-28-25/h1-12,18H,13-17H2. The van der Waals surface area contributed by atoms with Crippen molar-refractivity contribution in [3.05, 3.63) is 95.4 Å². The molecule has 5 rings (SSSR count). The van der Waals surface area contributed by atoms with Crippen LogP contribution in [-0.4, -0.2) is 56.7 Å². The molecule has 0 radical (unpaired) electrons. The lowest BCUT2D eigenvalue weighted by Gasteiger charge is -2.34. The van der Waals surface area contributed by atoms with Gasteiger partial charge in [-0.05, 0) is 17.7 Å². The Bertz CT molecular complexity index is 1240. The van der Waals surface area contributed by atoms with Gasteiger partial charge in [0.2, 0.25) is 5.95 Å². The van der Waals surface area contributed by atoms with Gasteiger partial charge in [0.05, 0.1) is 12.1 Å². The van der Waals surface area contributed by atoms with Crippen molar-refractivity contribution in [2.75, 3.05) is 31.1 Å². The second kappa shape index (κ2) is 9.42. The van der Waals surface area contributed by atoms with E-state index in [1.807, 2.05) is 65.7 Å². The van der Waals surface area contributed by atoms with Crippen molar-refractivity contribution < 1.29 is 4.79 Å². The lowest BCUT2D eigenvalue weighted by Crippen LogP contribution is -2.49. The highest BCUT2D eigenvalue weighted by Crippen LogP contribution is 2.25. The van der Waals surface area contributed by atoms with Gasteiger partial charge in [-0.15, -0.1) is 0 Å². The molecule has 1 fully saturated rings. The summed E-state index contributed by atoms with van der Waals surface area (Å²) in [5.74, 6) is 0.676. The number of hydrogen-bond acceptors (Lipinski definition) is 5. The Morgan fingerprint density at radius 2 is 1.58 bits per heavy atom. The molecular formula is C25H23ClN6O. The van der Waals surface area contributed by atoms with Crippen molar-refractivity contribution in [2.24, 2.45) is 0 Å². The molecule has 8 heteroatoms. The highest BCUT2D eigenvalue weighted by molar-refractivity contribution is 6.31. The van der Waals surface area contributed by atoms with Crippen molar-refractivity contribution in [2.45, 2.75) is 6.54 Å². The molecule has 0 saturated carbocycles. The van der Waals surface area contributed by atoms with E-state index in [1.54, 1.807) is 23.1 Å². The van der Waals surface area contributed by atoms with Crippen LogP contribution in [0.3, 0.4) is 0 Å². The molecule has 1 amide bonds. The van der Waals surface area contributed by atoms with Gasteiger partial charge in [-0.3, -0.25) is 9.48 Å². The number of hydrogen-bond donors (Lipinski definition) is 0. The first-order valence-corrected chi connectivity index (χ1v) is 11.2. The molecule has 4 aromatic rings. The summed E-state index contributed by atoms with van der Waals surface area (Å²) < 4.78 is 1.80. The summed E-state index contributed by atoms with van der Waals surface area (Å²) in [4.78, 5) is 26.2. The van der Waals surface area contributed by atoms with Crippen molar-refractivity contribution in [1.29, 1.82) is 0 Å². The lowest BCUT2D eigenvalue weighted by molar-refractivity contribution is 0.0747. The van der Waals surface area contributed by atoms with Crippen LogP contribution in [0.5, 0.6) is 0 Å². The van der Waals surface area contributed by atoms with E-state index in [0.29, 0.717) is 55.0 Å². The van der Waals surface area contributed by atoms with Gasteiger partial charge < -0.3 is 9.80 Å². The molecule has 1 saturated heterocycles. The summed E-state index contributed by atoms with van der Waals surface area (Å²) >= 11 is 6.36. The van der Waals surface area contributed by atoms with Gasteiger partial charge in [-0.1, -0.05) is 60.1 Å². The predicted octanol–water partition coefficient (Wildman–Crippen LogP) is 4.00. The molecular weight excluding hydrogens is 436 g/mol. The molecule has 0 N–H and O–H groups in total. The fourth-order valence-electron chi connectivity index (χ4n) is 4.00. The Balaban J connectivity index is 1.40. The number of halogens is 1. The maximum atomic E-state index is 13.6. The van der Waals surface area contributed by atoms with Crippen LogP contribution in [0.15, 0.2) is 79.3 Å². The van der Waals surface area contributed by atoms with Crippen molar-refractivity contribution in [1.82, 2.24) is 24.6 Å². The number of carbonyl (C=O) groups excluding carboxylic acids is 1. The largest absolute Gasteiger partial charge is 0.337 e. The lowest BCUT2D eigenvalue weighted by atomic mass is 10.1. The fraction of sp³-hybridized carbons (Fsp3) is 0.200. The summed E-state index contributed by atoms with van der Waals surface area (Å²) in [5, 5.41) is 5.46. The van der Waals surface area contributed by atoms with Gasteiger partial charge in [-0.2, -0.15) is 5.10 Å². The minimum Gasteiger partial charge on any atom is -0.337 e. The van der Waals surface area contributed by atoms with E-state index in [9.17, 15) is 4.79 Å². The number of aromatic nitrogens is 4. The van der Waals surface area contributed by atoms with Gasteiger partial charge in [0, 0.05) is 55.4 Å². The Labute approximate surface area is 197 Å². The zero-order valence-electron chi connectivity index (χ0n) is 18.0. The summed E-state index contributed by atoms with van der Waals surface area (Å²) in [6.45, 7) is 3.06. The van der Waals surface area contributed by atoms with E-state index < -0.39 is 0 Å². The number of rotatable bonds is 5. The number of benzene rings is 2. The van der Waals surface area contributed by atoms with Crippen LogP contribution in [0.2, 0.25) is 5.02 Å². The average Bonchev–Trinajstić information content (AvgIpc) is 3.30. The Morgan fingerprint density at radius 1 is 0.879 bits per heavy atom. The highest BCUT2D eigenvalue weighted by atomic mass is 35.5. The van der Waals surface area contributed by atoms with Gasteiger partial charge >= 0.3 is 0 Å². The molecule has 0 unspecified atom stereocenters. The number of anilines is 1. The van der Waals surface area contributed by atoms with Crippen LogP contribution in [0.4, 0.5) is 5.95 Å². The first-order valence-electron chi connectivity index (χ1n) is 10.9. The number of amides is 1. The number of nitrogens with zero attached hydrogens (tertiary/aromatic N) is 6. The smallest absolute Gasteiger partial charge is 0.257 e. The molecule has 1 aliphatic rings. The molecule has 7 nitrogen and oxygen atoms in total. The SMILES string of the molecule is O=C(c1cn(Cc2ccccc2Cl)nc1-c1ccccc1)N1CCN(c2ncccn2)CC1. The highest BCUT2D eigenvalue weighted by Gasteiger charge is 2.27. The van der Waals surface area contributed by atoms with Crippen LogP contribution in [-0.2, 0) is 6.54 Å². The second-order valence-electron chi connectivity index (χ2n) is 7.87. The first kappa shape index (κ1) is 21.2. The third kappa shape index (κ3) is 4.59. The van der Waals surface area contributed by atoms with E-state index in [4.69, 9.17) is 16.7 Å². The Kier molecular flexibility index (Phi) is 6.04. The number of piperazine rings is 1. The predicted molar refractivity (Wildman–Crippen MR) is 128 cm³/mol. The summed E-state index contributed by atoms with van der Waals surface area (Å²) in [6.07, 6.45) is 5.30. The summed E-state index contributed by atoms with van der Waals surface area (Å²) in [7, 11) is 0. The summed E-state index contributed by atoms with van der Waals surface area (Å²) in [5.41, 5.74) is 3.14.